The van der Waals surface area contributed by atoms with Crippen molar-refractivity contribution in [3.63, 3.8) is 0 Å². The molecule has 214 valence electrons. The largest absolute Gasteiger partial charge is 0.388 e. The zero-order valence-electron chi connectivity index (χ0n) is 24.7. The molecule has 0 bridgehead atoms. The Morgan fingerprint density at radius 2 is 1.93 bits per heavy atom. The summed E-state index contributed by atoms with van der Waals surface area (Å²) < 4.78 is 15.4. The van der Waals surface area contributed by atoms with E-state index in [0.29, 0.717) is 12.0 Å². The van der Waals surface area contributed by atoms with Crippen molar-refractivity contribution >= 4 is 28.2 Å². The van der Waals surface area contributed by atoms with E-state index in [9.17, 15) is 0 Å². The maximum Gasteiger partial charge on any atom is 0.133 e. The summed E-state index contributed by atoms with van der Waals surface area (Å²) >= 11 is 1.74. The van der Waals surface area contributed by atoms with E-state index in [2.05, 4.69) is 66.3 Å². The molecule has 2 aromatic heterocycles. The van der Waals surface area contributed by atoms with Crippen molar-refractivity contribution < 1.29 is 4.39 Å². The number of rotatable bonds is 11. The zero-order chi connectivity index (χ0) is 29.9. The molecular formula is C35H41FN4S. The first kappa shape index (κ1) is 31.6. The fourth-order valence-electron chi connectivity index (χ4n) is 5.13. The van der Waals surface area contributed by atoms with Gasteiger partial charge in [-0.05, 0) is 87.7 Å². The van der Waals surface area contributed by atoms with Crippen molar-refractivity contribution in [2.75, 3.05) is 32.0 Å². The SMILES string of the molecule is C#C.C=C/C=C(/c1ccc(C)s1)c1nc(Cc2cc(C(/C=C(\C=C)CN3CCCC3)=C/C)c(F)cc2NC)[nH]c1C. The Labute approximate surface area is 249 Å². The number of H-pyrrole nitrogens is 1. The Bertz CT molecular complexity index is 1470. The lowest BCUT2D eigenvalue weighted by molar-refractivity contribution is 0.371. The van der Waals surface area contributed by atoms with Gasteiger partial charge < -0.3 is 10.3 Å². The second-order valence-corrected chi connectivity index (χ2v) is 11.2. The molecule has 0 radical (unpaired) electrons. The Morgan fingerprint density at radius 3 is 2.51 bits per heavy atom. The summed E-state index contributed by atoms with van der Waals surface area (Å²) in [5.41, 5.74) is 7.21. The van der Waals surface area contributed by atoms with Gasteiger partial charge in [0, 0.05) is 52.3 Å². The maximum absolute atomic E-state index is 15.4. The van der Waals surface area contributed by atoms with Gasteiger partial charge >= 0.3 is 0 Å². The summed E-state index contributed by atoms with van der Waals surface area (Å²) in [6.45, 7) is 17.1. The van der Waals surface area contributed by atoms with Crippen molar-refractivity contribution in [2.45, 2.75) is 40.0 Å². The molecule has 1 fully saturated rings. The molecule has 41 heavy (non-hydrogen) atoms. The van der Waals surface area contributed by atoms with E-state index >= 15 is 4.39 Å². The first-order valence-corrected chi connectivity index (χ1v) is 14.7. The average Bonchev–Trinajstić information content (AvgIpc) is 3.73. The number of hydrogen-bond donors (Lipinski definition) is 2. The summed E-state index contributed by atoms with van der Waals surface area (Å²) in [6.07, 6.45) is 20.7. The van der Waals surface area contributed by atoms with E-state index < -0.39 is 0 Å². The zero-order valence-corrected chi connectivity index (χ0v) is 25.5. The van der Waals surface area contributed by atoms with Gasteiger partial charge in [0.2, 0.25) is 0 Å². The third-order valence-corrected chi connectivity index (χ3v) is 8.16. The van der Waals surface area contributed by atoms with Crippen LogP contribution in [0.5, 0.6) is 0 Å². The number of imidazole rings is 1. The molecule has 0 amide bonds. The van der Waals surface area contributed by atoms with Crippen molar-refractivity contribution in [1.29, 1.82) is 0 Å². The van der Waals surface area contributed by atoms with Gasteiger partial charge in [0.25, 0.3) is 0 Å². The van der Waals surface area contributed by atoms with Crippen LogP contribution in [0.2, 0.25) is 0 Å². The van der Waals surface area contributed by atoms with Crippen LogP contribution in [0.1, 0.15) is 57.9 Å². The second kappa shape index (κ2) is 15.2. The van der Waals surface area contributed by atoms with Gasteiger partial charge in [-0.3, -0.25) is 4.90 Å². The molecule has 4 rings (SSSR count). The lowest BCUT2D eigenvalue weighted by Crippen LogP contribution is -2.21. The molecule has 6 heteroatoms. The lowest BCUT2D eigenvalue weighted by atomic mass is 9.97. The number of aromatic amines is 1. The number of terminal acetylenes is 1. The van der Waals surface area contributed by atoms with Crippen molar-refractivity contribution in [3.8, 4) is 12.8 Å². The van der Waals surface area contributed by atoms with Crippen LogP contribution in [0, 0.1) is 32.5 Å². The van der Waals surface area contributed by atoms with Gasteiger partial charge in [-0.25, -0.2) is 9.37 Å². The highest BCUT2D eigenvalue weighted by Crippen LogP contribution is 2.32. The summed E-state index contributed by atoms with van der Waals surface area (Å²) in [5, 5.41) is 3.17. The minimum absolute atomic E-state index is 0.252. The number of anilines is 1. The van der Waals surface area contributed by atoms with Crippen LogP contribution in [0.4, 0.5) is 10.1 Å². The minimum atomic E-state index is -0.252. The number of halogens is 1. The first-order chi connectivity index (χ1) is 19.9. The van der Waals surface area contributed by atoms with E-state index in [1.54, 1.807) is 23.5 Å². The summed E-state index contributed by atoms with van der Waals surface area (Å²) in [7, 11) is 1.82. The Morgan fingerprint density at radius 1 is 1.20 bits per heavy atom. The van der Waals surface area contributed by atoms with Crippen LogP contribution in [-0.2, 0) is 6.42 Å². The monoisotopic (exact) mass is 568 g/mol. The molecule has 0 aliphatic carbocycles. The second-order valence-electron chi connectivity index (χ2n) is 9.95. The molecular weight excluding hydrogens is 527 g/mol. The Balaban J connectivity index is 0.00000226. The topological polar surface area (TPSA) is 44.0 Å². The third-order valence-electron chi connectivity index (χ3n) is 7.13. The lowest BCUT2D eigenvalue weighted by Gasteiger charge is -2.17. The van der Waals surface area contributed by atoms with E-state index in [0.717, 1.165) is 69.7 Å². The third kappa shape index (κ3) is 7.85. The van der Waals surface area contributed by atoms with Gasteiger partial charge in [-0.2, -0.15) is 0 Å². The van der Waals surface area contributed by atoms with Crippen LogP contribution in [0.3, 0.4) is 0 Å². The fourth-order valence-corrected chi connectivity index (χ4v) is 6.02. The minimum Gasteiger partial charge on any atom is -0.388 e. The van der Waals surface area contributed by atoms with Crippen LogP contribution in [-0.4, -0.2) is 41.5 Å². The van der Waals surface area contributed by atoms with E-state index in [1.165, 1.54) is 17.7 Å². The van der Waals surface area contributed by atoms with Gasteiger partial charge in [-0.1, -0.05) is 43.5 Å². The first-order valence-electron chi connectivity index (χ1n) is 13.9. The molecule has 0 atom stereocenters. The molecule has 4 nitrogen and oxygen atoms in total. The molecule has 0 unspecified atom stereocenters. The smallest absolute Gasteiger partial charge is 0.133 e. The quantitative estimate of drug-likeness (QED) is 0.181. The van der Waals surface area contributed by atoms with Gasteiger partial charge in [0.05, 0.1) is 5.69 Å². The summed E-state index contributed by atoms with van der Waals surface area (Å²) in [4.78, 5) is 13.3. The van der Waals surface area contributed by atoms with Gasteiger partial charge in [-0.15, -0.1) is 24.2 Å². The van der Waals surface area contributed by atoms with Crippen molar-refractivity contribution in [2.24, 2.45) is 0 Å². The van der Waals surface area contributed by atoms with Crippen LogP contribution < -0.4 is 5.32 Å². The molecule has 1 aliphatic heterocycles. The van der Waals surface area contributed by atoms with Crippen molar-refractivity contribution in [3.05, 3.63) is 117 Å². The molecule has 0 spiro atoms. The summed E-state index contributed by atoms with van der Waals surface area (Å²) in [6, 6.07) is 7.78. The molecule has 3 aromatic rings. The highest BCUT2D eigenvalue weighted by atomic mass is 32.1. The number of nitrogens with one attached hydrogen (secondary N) is 2. The highest BCUT2D eigenvalue weighted by molar-refractivity contribution is 7.13. The standard InChI is InChI=1S/C33H39FN4S.C2H2/c1-7-12-27(31-14-13-22(4)39-31)33-23(5)36-32(37-33)19-26-18-28(29(34)20-30(26)35-6)25(9-3)17-24(8-2)21-38-15-10-11-16-38;1-2/h7-9,12-14,17-18,20,35H,1-2,10-11,15-16,19,21H2,3-6H3,(H,36,37);1-2H/b24-17+,25-9+,27-12-;. The average molecular weight is 569 g/mol. The number of thiophene rings is 1. The van der Waals surface area contributed by atoms with Crippen LogP contribution in [0.15, 0.2) is 73.4 Å². The van der Waals surface area contributed by atoms with E-state index in [1.807, 2.05) is 45.2 Å². The molecule has 1 saturated heterocycles. The molecule has 3 heterocycles. The van der Waals surface area contributed by atoms with Gasteiger partial charge in [0.15, 0.2) is 0 Å². The number of aryl methyl sites for hydroxylation is 2. The highest BCUT2D eigenvalue weighted by Gasteiger charge is 2.18. The van der Waals surface area contributed by atoms with E-state index in [4.69, 9.17) is 4.98 Å². The molecule has 1 aromatic carbocycles. The van der Waals surface area contributed by atoms with E-state index in [-0.39, 0.29) is 5.82 Å². The number of likely N-dealkylation sites (tertiary alicyclic amines) is 1. The number of allylic oxidation sites excluding steroid dienone is 5. The number of aromatic nitrogens is 2. The Kier molecular flexibility index (Phi) is 11.7. The summed E-state index contributed by atoms with van der Waals surface area (Å²) in [5.74, 6) is 0.579. The molecule has 1 aliphatic rings. The predicted octanol–water partition coefficient (Wildman–Crippen LogP) is 8.34. The predicted molar refractivity (Wildman–Crippen MR) is 176 cm³/mol. The van der Waals surface area contributed by atoms with Crippen LogP contribution >= 0.6 is 11.3 Å². The number of benzene rings is 1. The molecule has 0 saturated carbocycles. The normalized spacial score (nSPS) is 14.5. The van der Waals surface area contributed by atoms with Crippen LogP contribution in [0.25, 0.3) is 11.1 Å². The Hall–Kier alpha value is -3.92. The molecule has 2 N–H and O–H groups in total. The van der Waals surface area contributed by atoms with Crippen molar-refractivity contribution in [1.82, 2.24) is 14.9 Å². The number of nitrogens with zero attached hydrogens (tertiary/aromatic N) is 2. The number of hydrogen-bond acceptors (Lipinski definition) is 4. The maximum atomic E-state index is 15.4. The van der Waals surface area contributed by atoms with Gasteiger partial charge in [0.1, 0.15) is 11.6 Å². The fraction of sp³-hybridized carbons (Fsp3) is 0.286.